The van der Waals surface area contributed by atoms with Gasteiger partial charge < -0.3 is 9.84 Å². The van der Waals surface area contributed by atoms with E-state index in [9.17, 15) is 9.50 Å². The molecule has 1 heterocycles. The molecule has 0 aromatic heterocycles. The molecule has 2 rings (SSSR count). The van der Waals surface area contributed by atoms with Crippen molar-refractivity contribution in [2.45, 2.75) is 37.9 Å². The van der Waals surface area contributed by atoms with Crippen molar-refractivity contribution in [2.75, 3.05) is 6.61 Å². The van der Waals surface area contributed by atoms with Crippen LogP contribution in [0.25, 0.3) is 0 Å². The molecule has 1 aliphatic heterocycles. The van der Waals surface area contributed by atoms with Crippen LogP contribution in [0.5, 0.6) is 0 Å². The van der Waals surface area contributed by atoms with Gasteiger partial charge in [-0.25, -0.2) is 4.39 Å². The van der Waals surface area contributed by atoms with Crippen molar-refractivity contribution >= 4 is 0 Å². The summed E-state index contributed by atoms with van der Waals surface area (Å²) < 4.78 is 19.2. The van der Waals surface area contributed by atoms with Crippen molar-refractivity contribution in [1.29, 1.82) is 0 Å². The van der Waals surface area contributed by atoms with Crippen molar-refractivity contribution in [3.63, 3.8) is 0 Å². The first kappa shape index (κ1) is 11.6. The third kappa shape index (κ3) is 2.11. The second kappa shape index (κ2) is 4.52. The Kier molecular flexibility index (Phi) is 3.26. The molecule has 0 spiro atoms. The Balaban J connectivity index is 2.24. The van der Waals surface area contributed by atoms with Crippen LogP contribution >= 0.6 is 0 Å². The van der Waals surface area contributed by atoms with Gasteiger partial charge in [-0.3, -0.25) is 0 Å². The molecule has 0 radical (unpaired) electrons. The van der Waals surface area contributed by atoms with Gasteiger partial charge in [0.25, 0.3) is 0 Å². The number of aliphatic hydroxyl groups excluding tert-OH is 1. The first-order chi connectivity index (χ1) is 7.63. The molecular weight excluding hydrogens is 207 g/mol. The summed E-state index contributed by atoms with van der Waals surface area (Å²) in [6.45, 7) is 2.49. The first-order valence-electron chi connectivity index (χ1n) is 5.70. The van der Waals surface area contributed by atoms with E-state index in [0.29, 0.717) is 12.2 Å². The molecule has 1 aromatic carbocycles. The minimum atomic E-state index is -0.894. The van der Waals surface area contributed by atoms with E-state index < -0.39 is 11.7 Å². The predicted octanol–water partition coefficient (Wildman–Crippen LogP) is 2.82. The standard InChI is InChI=1S/C13H17FO2/c1-13(8-4-5-9-16-13)12(15)10-6-2-3-7-11(10)14/h2-3,6-7,12,15H,4-5,8-9H2,1H3. The third-order valence-corrected chi connectivity index (χ3v) is 3.28. The van der Waals surface area contributed by atoms with Crippen LogP contribution in [-0.2, 0) is 4.74 Å². The number of ether oxygens (including phenoxy) is 1. The average molecular weight is 224 g/mol. The molecule has 0 saturated carbocycles. The van der Waals surface area contributed by atoms with Crippen LogP contribution in [0.3, 0.4) is 0 Å². The van der Waals surface area contributed by atoms with E-state index in [0.717, 1.165) is 19.3 Å². The Morgan fingerprint density at radius 2 is 2.12 bits per heavy atom. The maximum absolute atomic E-state index is 13.5. The van der Waals surface area contributed by atoms with Crippen LogP contribution in [0.4, 0.5) is 4.39 Å². The van der Waals surface area contributed by atoms with Crippen molar-refractivity contribution in [2.24, 2.45) is 0 Å². The Morgan fingerprint density at radius 1 is 1.38 bits per heavy atom. The quantitative estimate of drug-likeness (QED) is 0.837. The number of benzene rings is 1. The van der Waals surface area contributed by atoms with Crippen LogP contribution in [0.1, 0.15) is 37.9 Å². The molecule has 3 heteroatoms. The van der Waals surface area contributed by atoms with E-state index >= 15 is 0 Å². The van der Waals surface area contributed by atoms with E-state index in [1.807, 2.05) is 6.92 Å². The zero-order valence-electron chi connectivity index (χ0n) is 9.45. The van der Waals surface area contributed by atoms with Gasteiger partial charge in [0.1, 0.15) is 11.9 Å². The second-order valence-corrected chi connectivity index (χ2v) is 4.54. The molecule has 1 aromatic rings. The summed E-state index contributed by atoms with van der Waals surface area (Å²) in [4.78, 5) is 0. The molecule has 16 heavy (non-hydrogen) atoms. The molecule has 1 saturated heterocycles. The van der Waals surface area contributed by atoms with Gasteiger partial charge in [0, 0.05) is 12.2 Å². The summed E-state index contributed by atoms with van der Waals surface area (Å²) in [5, 5.41) is 10.2. The highest BCUT2D eigenvalue weighted by molar-refractivity contribution is 5.22. The fourth-order valence-corrected chi connectivity index (χ4v) is 2.20. The number of rotatable bonds is 2. The molecule has 0 bridgehead atoms. The molecule has 88 valence electrons. The Morgan fingerprint density at radius 3 is 2.75 bits per heavy atom. The second-order valence-electron chi connectivity index (χ2n) is 4.54. The monoisotopic (exact) mass is 224 g/mol. The summed E-state index contributed by atoms with van der Waals surface area (Å²) in [7, 11) is 0. The maximum atomic E-state index is 13.5. The van der Waals surface area contributed by atoms with E-state index in [-0.39, 0.29) is 5.82 Å². The van der Waals surface area contributed by atoms with Crippen LogP contribution in [0, 0.1) is 5.82 Å². The van der Waals surface area contributed by atoms with Crippen LogP contribution in [0.2, 0.25) is 0 Å². The zero-order valence-corrected chi connectivity index (χ0v) is 9.45. The third-order valence-electron chi connectivity index (χ3n) is 3.28. The highest BCUT2D eigenvalue weighted by Gasteiger charge is 2.37. The maximum Gasteiger partial charge on any atom is 0.129 e. The Bertz CT molecular complexity index is 359. The first-order valence-corrected chi connectivity index (χ1v) is 5.70. The fraction of sp³-hybridized carbons (Fsp3) is 0.538. The summed E-state index contributed by atoms with van der Waals surface area (Å²) in [5.41, 5.74) is -0.327. The molecule has 1 aliphatic rings. The van der Waals surface area contributed by atoms with Gasteiger partial charge in [0.2, 0.25) is 0 Å². The molecule has 2 atom stereocenters. The zero-order chi connectivity index (χ0) is 11.6. The van der Waals surface area contributed by atoms with E-state index in [1.54, 1.807) is 18.2 Å². The van der Waals surface area contributed by atoms with E-state index in [4.69, 9.17) is 4.74 Å². The Hall–Kier alpha value is -0.930. The summed E-state index contributed by atoms with van der Waals surface area (Å²) >= 11 is 0. The Labute approximate surface area is 95.1 Å². The van der Waals surface area contributed by atoms with Gasteiger partial charge >= 0.3 is 0 Å². The fourth-order valence-electron chi connectivity index (χ4n) is 2.20. The van der Waals surface area contributed by atoms with Gasteiger partial charge in [-0.2, -0.15) is 0 Å². The van der Waals surface area contributed by atoms with Gasteiger partial charge in [-0.05, 0) is 32.3 Å². The number of halogens is 1. The molecule has 1 N–H and O–H groups in total. The molecule has 1 fully saturated rings. The lowest BCUT2D eigenvalue weighted by Crippen LogP contribution is -2.39. The van der Waals surface area contributed by atoms with Crippen molar-refractivity contribution in [1.82, 2.24) is 0 Å². The minimum absolute atomic E-state index is 0.326. The van der Waals surface area contributed by atoms with Crippen molar-refractivity contribution < 1.29 is 14.2 Å². The van der Waals surface area contributed by atoms with Gasteiger partial charge in [-0.15, -0.1) is 0 Å². The molecular formula is C13H17FO2. The number of aliphatic hydroxyl groups is 1. The lowest BCUT2D eigenvalue weighted by atomic mass is 9.86. The van der Waals surface area contributed by atoms with Gasteiger partial charge in [0.15, 0.2) is 0 Å². The normalized spacial score (nSPS) is 27.7. The van der Waals surface area contributed by atoms with Crippen LogP contribution < -0.4 is 0 Å². The molecule has 2 unspecified atom stereocenters. The predicted molar refractivity (Wildman–Crippen MR) is 59.6 cm³/mol. The topological polar surface area (TPSA) is 29.5 Å². The lowest BCUT2D eigenvalue weighted by Gasteiger charge is -2.38. The van der Waals surface area contributed by atoms with Crippen LogP contribution in [-0.4, -0.2) is 17.3 Å². The smallest absolute Gasteiger partial charge is 0.129 e. The molecule has 0 aliphatic carbocycles. The summed E-state index contributed by atoms with van der Waals surface area (Å²) in [6, 6.07) is 6.33. The van der Waals surface area contributed by atoms with Crippen molar-refractivity contribution in [3.05, 3.63) is 35.6 Å². The summed E-state index contributed by atoms with van der Waals surface area (Å²) in [6.07, 6.45) is 1.90. The highest BCUT2D eigenvalue weighted by Crippen LogP contribution is 2.37. The molecule has 2 nitrogen and oxygen atoms in total. The lowest BCUT2D eigenvalue weighted by molar-refractivity contribution is -0.139. The van der Waals surface area contributed by atoms with E-state index in [2.05, 4.69) is 0 Å². The minimum Gasteiger partial charge on any atom is -0.385 e. The van der Waals surface area contributed by atoms with Crippen LogP contribution in [0.15, 0.2) is 24.3 Å². The van der Waals surface area contributed by atoms with Gasteiger partial charge in [0.05, 0.1) is 5.60 Å². The summed E-state index contributed by atoms with van der Waals surface area (Å²) in [5.74, 6) is -0.370. The van der Waals surface area contributed by atoms with E-state index in [1.165, 1.54) is 6.07 Å². The average Bonchev–Trinajstić information content (AvgIpc) is 2.30. The number of hydrogen-bond acceptors (Lipinski definition) is 2. The van der Waals surface area contributed by atoms with Crippen molar-refractivity contribution in [3.8, 4) is 0 Å². The highest BCUT2D eigenvalue weighted by atomic mass is 19.1. The SMILES string of the molecule is CC1(C(O)c2ccccc2F)CCCCO1. The van der Waals surface area contributed by atoms with Gasteiger partial charge in [-0.1, -0.05) is 18.2 Å². The number of hydrogen-bond donors (Lipinski definition) is 1. The molecule has 0 amide bonds. The largest absolute Gasteiger partial charge is 0.385 e.